The van der Waals surface area contributed by atoms with E-state index < -0.39 is 10.0 Å². The van der Waals surface area contributed by atoms with Crippen LogP contribution in [0, 0.1) is 12.8 Å². The molecule has 0 N–H and O–H groups in total. The van der Waals surface area contributed by atoms with Crippen molar-refractivity contribution in [2.75, 3.05) is 26.8 Å². The van der Waals surface area contributed by atoms with Crippen molar-refractivity contribution in [1.82, 2.24) is 4.31 Å². The fourth-order valence-corrected chi connectivity index (χ4v) is 4.33. The Bertz CT molecular complexity index is 663. The van der Waals surface area contributed by atoms with Crippen molar-refractivity contribution in [2.45, 2.75) is 31.6 Å². The van der Waals surface area contributed by atoms with Gasteiger partial charge in [-0.15, -0.1) is 0 Å². The Morgan fingerprint density at radius 2 is 1.96 bits per heavy atom. The molecule has 1 fully saturated rings. The second-order valence-corrected chi connectivity index (χ2v) is 7.49. The minimum atomic E-state index is -3.63. The summed E-state index contributed by atoms with van der Waals surface area (Å²) in [4.78, 5) is 11.9. The number of hydrogen-bond donors (Lipinski definition) is 0. The average molecular weight is 341 g/mol. The summed E-state index contributed by atoms with van der Waals surface area (Å²) >= 11 is 0. The molecule has 2 rings (SSSR count). The van der Waals surface area contributed by atoms with Crippen molar-refractivity contribution in [1.29, 1.82) is 0 Å². The number of hydrogen-bond acceptors (Lipinski definition) is 5. The summed E-state index contributed by atoms with van der Waals surface area (Å²) < 4.78 is 37.3. The lowest BCUT2D eigenvalue weighted by Gasteiger charge is -2.30. The quantitative estimate of drug-likeness (QED) is 0.766. The molecule has 0 spiro atoms. The number of ether oxygens (including phenoxy) is 2. The van der Waals surface area contributed by atoms with E-state index in [0.29, 0.717) is 38.3 Å². The number of benzene rings is 1. The second kappa shape index (κ2) is 7.31. The van der Waals surface area contributed by atoms with Gasteiger partial charge in [-0.2, -0.15) is 4.31 Å². The molecule has 6 nitrogen and oxygen atoms in total. The molecule has 0 aromatic heterocycles. The Labute approximate surface area is 137 Å². The van der Waals surface area contributed by atoms with Crippen LogP contribution in [0.5, 0.6) is 5.75 Å². The van der Waals surface area contributed by atoms with Gasteiger partial charge in [-0.25, -0.2) is 8.42 Å². The highest BCUT2D eigenvalue weighted by molar-refractivity contribution is 7.89. The molecule has 0 atom stereocenters. The first-order chi connectivity index (χ1) is 10.9. The zero-order chi connectivity index (χ0) is 17.0. The first kappa shape index (κ1) is 17.7. The van der Waals surface area contributed by atoms with E-state index >= 15 is 0 Å². The molecular weight excluding hydrogens is 318 g/mol. The van der Waals surface area contributed by atoms with Gasteiger partial charge >= 0.3 is 5.97 Å². The predicted molar refractivity (Wildman–Crippen MR) is 85.8 cm³/mol. The van der Waals surface area contributed by atoms with E-state index in [-0.39, 0.29) is 16.8 Å². The standard InChI is InChI=1S/C16H23NO5S/c1-4-22-16(18)13-7-9-17(10-8-13)23(19,20)15-6-5-12(2)11-14(15)21-3/h5-6,11,13H,4,7-10H2,1-3H3. The zero-order valence-corrected chi connectivity index (χ0v) is 14.6. The van der Waals surface area contributed by atoms with Crippen LogP contribution in [0.15, 0.2) is 23.1 Å². The minimum Gasteiger partial charge on any atom is -0.495 e. The van der Waals surface area contributed by atoms with Gasteiger partial charge in [0.2, 0.25) is 10.0 Å². The Hall–Kier alpha value is -1.60. The van der Waals surface area contributed by atoms with Crippen molar-refractivity contribution in [3.8, 4) is 5.75 Å². The topological polar surface area (TPSA) is 72.9 Å². The van der Waals surface area contributed by atoms with Crippen molar-refractivity contribution in [3.05, 3.63) is 23.8 Å². The molecule has 23 heavy (non-hydrogen) atoms. The van der Waals surface area contributed by atoms with Gasteiger partial charge in [0.1, 0.15) is 10.6 Å². The van der Waals surface area contributed by atoms with Crippen LogP contribution in [0.1, 0.15) is 25.3 Å². The first-order valence-electron chi connectivity index (χ1n) is 7.71. The van der Waals surface area contributed by atoms with Gasteiger partial charge < -0.3 is 9.47 Å². The van der Waals surface area contributed by atoms with Crippen molar-refractivity contribution >= 4 is 16.0 Å². The van der Waals surface area contributed by atoms with Gasteiger partial charge in [-0.1, -0.05) is 6.07 Å². The minimum absolute atomic E-state index is 0.167. The molecule has 1 aliphatic rings. The number of nitrogens with zero attached hydrogens (tertiary/aromatic N) is 1. The largest absolute Gasteiger partial charge is 0.495 e. The van der Waals surface area contributed by atoms with Gasteiger partial charge in [-0.3, -0.25) is 4.79 Å². The van der Waals surface area contributed by atoms with Crippen LogP contribution >= 0.6 is 0 Å². The van der Waals surface area contributed by atoms with E-state index in [1.165, 1.54) is 11.4 Å². The molecule has 0 aliphatic carbocycles. The van der Waals surface area contributed by atoms with Gasteiger partial charge in [0.05, 0.1) is 19.6 Å². The molecule has 128 valence electrons. The summed E-state index contributed by atoms with van der Waals surface area (Å²) in [5.74, 6) is -0.115. The third kappa shape index (κ3) is 3.84. The summed E-state index contributed by atoms with van der Waals surface area (Å²) in [6.07, 6.45) is 0.957. The number of piperidine rings is 1. The summed E-state index contributed by atoms with van der Waals surface area (Å²) in [5, 5.41) is 0. The van der Waals surface area contributed by atoms with Crippen molar-refractivity contribution in [3.63, 3.8) is 0 Å². The first-order valence-corrected chi connectivity index (χ1v) is 9.15. The highest BCUT2D eigenvalue weighted by Crippen LogP contribution is 2.30. The van der Waals surface area contributed by atoms with E-state index in [1.807, 2.05) is 6.92 Å². The second-order valence-electron chi connectivity index (χ2n) is 5.58. The third-order valence-electron chi connectivity index (χ3n) is 4.01. The third-order valence-corrected chi connectivity index (χ3v) is 5.95. The SMILES string of the molecule is CCOC(=O)C1CCN(S(=O)(=O)c2ccc(C)cc2OC)CC1. The number of sulfonamides is 1. The summed E-state index contributed by atoms with van der Waals surface area (Å²) in [6.45, 7) is 4.61. The molecule has 0 saturated carbocycles. The van der Waals surface area contributed by atoms with Crippen molar-refractivity contribution < 1.29 is 22.7 Å². The van der Waals surface area contributed by atoms with E-state index in [2.05, 4.69) is 0 Å². The molecule has 0 amide bonds. The number of methoxy groups -OCH3 is 1. The Morgan fingerprint density at radius 3 is 2.52 bits per heavy atom. The zero-order valence-electron chi connectivity index (χ0n) is 13.7. The number of esters is 1. The number of carbonyl (C=O) groups is 1. The van der Waals surface area contributed by atoms with E-state index in [0.717, 1.165) is 5.56 Å². The molecule has 1 aromatic carbocycles. The van der Waals surface area contributed by atoms with Crippen LogP contribution in [0.3, 0.4) is 0 Å². The number of carbonyl (C=O) groups excluding carboxylic acids is 1. The lowest BCUT2D eigenvalue weighted by atomic mass is 9.98. The van der Waals surface area contributed by atoms with E-state index in [1.54, 1.807) is 25.1 Å². The van der Waals surface area contributed by atoms with Gasteiger partial charge in [-0.05, 0) is 44.4 Å². The van der Waals surface area contributed by atoms with Crippen LogP contribution in [0.4, 0.5) is 0 Å². The van der Waals surface area contributed by atoms with E-state index in [4.69, 9.17) is 9.47 Å². The summed E-state index contributed by atoms with van der Waals surface area (Å²) in [6, 6.07) is 5.03. The van der Waals surface area contributed by atoms with Crippen LogP contribution in [-0.4, -0.2) is 45.5 Å². The lowest BCUT2D eigenvalue weighted by molar-refractivity contribution is -0.149. The van der Waals surface area contributed by atoms with E-state index in [9.17, 15) is 13.2 Å². The normalized spacial score (nSPS) is 17.0. The van der Waals surface area contributed by atoms with Crippen LogP contribution in [-0.2, 0) is 19.6 Å². The maximum absolute atomic E-state index is 12.8. The summed E-state index contributed by atoms with van der Waals surface area (Å²) in [5.41, 5.74) is 0.932. The fourth-order valence-electron chi connectivity index (χ4n) is 2.72. The Balaban J connectivity index is 2.15. The fraction of sp³-hybridized carbons (Fsp3) is 0.562. The van der Waals surface area contributed by atoms with Crippen molar-refractivity contribution in [2.24, 2.45) is 5.92 Å². The highest BCUT2D eigenvalue weighted by Gasteiger charge is 2.34. The number of rotatable bonds is 5. The molecular formula is C16H23NO5S. The molecule has 1 aromatic rings. The maximum atomic E-state index is 12.8. The van der Waals surface area contributed by atoms with Crippen LogP contribution in [0.25, 0.3) is 0 Å². The number of aryl methyl sites for hydroxylation is 1. The molecule has 0 radical (unpaired) electrons. The molecule has 7 heteroatoms. The molecule has 1 saturated heterocycles. The maximum Gasteiger partial charge on any atom is 0.309 e. The predicted octanol–water partition coefficient (Wildman–Crippen LogP) is 1.97. The Kier molecular flexibility index (Phi) is 5.64. The van der Waals surface area contributed by atoms with Crippen LogP contribution in [0.2, 0.25) is 0 Å². The smallest absolute Gasteiger partial charge is 0.309 e. The van der Waals surface area contributed by atoms with Crippen LogP contribution < -0.4 is 4.74 Å². The van der Waals surface area contributed by atoms with Gasteiger partial charge in [0, 0.05) is 13.1 Å². The lowest BCUT2D eigenvalue weighted by Crippen LogP contribution is -2.40. The van der Waals surface area contributed by atoms with Gasteiger partial charge in [0.15, 0.2) is 0 Å². The highest BCUT2D eigenvalue weighted by atomic mass is 32.2. The average Bonchev–Trinajstić information content (AvgIpc) is 2.54. The van der Waals surface area contributed by atoms with Gasteiger partial charge in [0.25, 0.3) is 0 Å². The summed E-state index contributed by atoms with van der Waals surface area (Å²) in [7, 11) is -2.17. The molecule has 0 bridgehead atoms. The monoisotopic (exact) mass is 341 g/mol. The Morgan fingerprint density at radius 1 is 1.30 bits per heavy atom. The molecule has 0 unspecified atom stereocenters. The molecule has 1 aliphatic heterocycles. The molecule has 1 heterocycles.